The van der Waals surface area contributed by atoms with Gasteiger partial charge in [0.25, 0.3) is 0 Å². The molecular formula is C18H28N4OS. The Morgan fingerprint density at radius 1 is 1.29 bits per heavy atom. The van der Waals surface area contributed by atoms with Gasteiger partial charge in [0, 0.05) is 23.9 Å². The Balaban J connectivity index is 1.95. The Kier molecular flexibility index (Phi) is 7.34. The van der Waals surface area contributed by atoms with Crippen LogP contribution >= 0.6 is 11.3 Å². The lowest BCUT2D eigenvalue weighted by molar-refractivity contribution is 0.258. The summed E-state index contributed by atoms with van der Waals surface area (Å²) in [6.07, 6.45) is 1.72. The molecule has 0 aliphatic carbocycles. The van der Waals surface area contributed by atoms with Gasteiger partial charge in [-0.1, -0.05) is 13.0 Å². The van der Waals surface area contributed by atoms with E-state index in [4.69, 9.17) is 9.41 Å². The maximum absolute atomic E-state index is 5.56. The van der Waals surface area contributed by atoms with Crippen LogP contribution in [0.25, 0.3) is 0 Å². The highest BCUT2D eigenvalue weighted by Gasteiger charge is 2.17. The first-order valence-corrected chi connectivity index (χ1v) is 9.25. The van der Waals surface area contributed by atoms with Crippen molar-refractivity contribution >= 4 is 17.3 Å². The quantitative estimate of drug-likeness (QED) is 0.568. The van der Waals surface area contributed by atoms with Gasteiger partial charge in [-0.25, -0.2) is 0 Å². The summed E-state index contributed by atoms with van der Waals surface area (Å²) in [5.74, 6) is 2.23. The van der Waals surface area contributed by atoms with Gasteiger partial charge in [-0.15, -0.1) is 11.3 Å². The molecule has 2 atom stereocenters. The van der Waals surface area contributed by atoms with E-state index in [0.717, 1.165) is 31.4 Å². The van der Waals surface area contributed by atoms with Crippen molar-refractivity contribution in [2.75, 3.05) is 33.7 Å². The van der Waals surface area contributed by atoms with Crippen molar-refractivity contribution in [3.05, 3.63) is 46.5 Å². The van der Waals surface area contributed by atoms with E-state index < -0.39 is 0 Å². The van der Waals surface area contributed by atoms with Crippen molar-refractivity contribution in [2.24, 2.45) is 4.99 Å². The highest BCUT2D eigenvalue weighted by molar-refractivity contribution is 7.10. The molecule has 0 aliphatic heterocycles. The molecule has 132 valence electrons. The molecule has 2 aromatic heterocycles. The molecule has 24 heavy (non-hydrogen) atoms. The molecule has 6 heteroatoms. The van der Waals surface area contributed by atoms with Crippen LogP contribution in [0.15, 0.2) is 45.3 Å². The summed E-state index contributed by atoms with van der Waals surface area (Å²) in [4.78, 5) is 8.25. The molecule has 0 amide bonds. The highest BCUT2D eigenvalue weighted by Crippen LogP contribution is 2.21. The van der Waals surface area contributed by atoms with Gasteiger partial charge < -0.3 is 15.1 Å². The van der Waals surface area contributed by atoms with Gasteiger partial charge in [-0.2, -0.15) is 0 Å². The van der Waals surface area contributed by atoms with Crippen LogP contribution in [0.5, 0.6) is 0 Å². The summed E-state index contributed by atoms with van der Waals surface area (Å²) in [6.45, 7) is 6.63. The van der Waals surface area contributed by atoms with Crippen molar-refractivity contribution in [3.8, 4) is 0 Å². The van der Waals surface area contributed by atoms with E-state index in [9.17, 15) is 0 Å². The largest absolute Gasteiger partial charge is 0.468 e. The van der Waals surface area contributed by atoms with E-state index in [0.29, 0.717) is 5.92 Å². The number of hydrogen-bond donors (Lipinski definition) is 2. The van der Waals surface area contributed by atoms with Gasteiger partial charge in [0.15, 0.2) is 5.96 Å². The highest BCUT2D eigenvalue weighted by atomic mass is 32.1. The number of aliphatic imine (C=N–C) groups is 1. The first-order valence-electron chi connectivity index (χ1n) is 8.37. The molecule has 2 rings (SSSR count). The molecule has 0 aromatic carbocycles. The Labute approximate surface area is 148 Å². The van der Waals surface area contributed by atoms with Crippen LogP contribution in [0.4, 0.5) is 0 Å². The van der Waals surface area contributed by atoms with Gasteiger partial charge in [-0.3, -0.25) is 9.89 Å². The molecule has 2 N–H and O–H groups in total. The third-order valence-corrected chi connectivity index (χ3v) is 4.96. The summed E-state index contributed by atoms with van der Waals surface area (Å²) in [6, 6.07) is 8.36. The summed E-state index contributed by atoms with van der Waals surface area (Å²) in [7, 11) is 4.11. The molecule has 2 heterocycles. The van der Waals surface area contributed by atoms with Crippen LogP contribution in [-0.2, 0) is 0 Å². The monoisotopic (exact) mass is 348 g/mol. The minimum absolute atomic E-state index is 0.165. The van der Waals surface area contributed by atoms with Crippen LogP contribution in [0.2, 0.25) is 0 Å². The molecule has 0 aliphatic rings. The second-order valence-electron chi connectivity index (χ2n) is 6.01. The number of nitrogens with one attached hydrogen (secondary N) is 2. The second kappa shape index (κ2) is 9.49. The average Bonchev–Trinajstić information content (AvgIpc) is 3.25. The van der Waals surface area contributed by atoms with E-state index in [-0.39, 0.29) is 6.04 Å². The van der Waals surface area contributed by atoms with Crippen LogP contribution in [0, 0.1) is 0 Å². The van der Waals surface area contributed by atoms with Gasteiger partial charge in [0.1, 0.15) is 5.76 Å². The van der Waals surface area contributed by atoms with Crippen molar-refractivity contribution in [1.29, 1.82) is 0 Å². The number of rotatable bonds is 8. The van der Waals surface area contributed by atoms with Crippen molar-refractivity contribution in [3.63, 3.8) is 0 Å². The summed E-state index contributed by atoms with van der Waals surface area (Å²) < 4.78 is 5.56. The Morgan fingerprint density at radius 3 is 2.71 bits per heavy atom. The molecule has 2 unspecified atom stereocenters. The third-order valence-electron chi connectivity index (χ3n) is 3.85. The number of guanidine groups is 1. The summed E-state index contributed by atoms with van der Waals surface area (Å²) in [5.41, 5.74) is 0. The lowest BCUT2D eigenvalue weighted by Crippen LogP contribution is -2.41. The first kappa shape index (κ1) is 18.5. The van der Waals surface area contributed by atoms with E-state index in [2.05, 4.69) is 61.0 Å². The molecule has 0 bridgehead atoms. The molecule has 0 spiro atoms. The zero-order valence-electron chi connectivity index (χ0n) is 15.0. The zero-order valence-corrected chi connectivity index (χ0v) is 15.8. The van der Waals surface area contributed by atoms with Gasteiger partial charge in [-0.05, 0) is 44.6 Å². The number of hydrogen-bond acceptors (Lipinski definition) is 4. The smallest absolute Gasteiger partial charge is 0.191 e. The number of likely N-dealkylation sites (N-methyl/N-ethyl adjacent to an activating group) is 1. The predicted octanol–water partition coefficient (Wildman–Crippen LogP) is 3.30. The van der Waals surface area contributed by atoms with E-state index in [1.54, 1.807) is 17.6 Å². The molecule has 0 fully saturated rings. The maximum Gasteiger partial charge on any atom is 0.191 e. The fraction of sp³-hybridized carbons (Fsp3) is 0.500. The molecule has 0 saturated heterocycles. The minimum Gasteiger partial charge on any atom is -0.468 e. The van der Waals surface area contributed by atoms with Crippen molar-refractivity contribution < 1.29 is 4.42 Å². The molecule has 0 radical (unpaired) electrons. The number of nitrogens with zero attached hydrogens (tertiary/aromatic N) is 2. The lowest BCUT2D eigenvalue weighted by Gasteiger charge is -2.23. The Hall–Kier alpha value is -1.79. The SMILES string of the molecule is CCNC(=NCC(C)c1cccs1)NCC(c1ccco1)N(C)C. The molecular weight excluding hydrogens is 320 g/mol. The third kappa shape index (κ3) is 5.39. The normalized spacial score (nSPS) is 14.6. The fourth-order valence-corrected chi connectivity index (χ4v) is 3.22. The molecule has 2 aromatic rings. The van der Waals surface area contributed by atoms with Gasteiger partial charge >= 0.3 is 0 Å². The fourth-order valence-electron chi connectivity index (χ4n) is 2.44. The molecule has 5 nitrogen and oxygen atoms in total. The van der Waals surface area contributed by atoms with Crippen LogP contribution < -0.4 is 10.6 Å². The van der Waals surface area contributed by atoms with Gasteiger partial charge in [0.2, 0.25) is 0 Å². The van der Waals surface area contributed by atoms with Gasteiger partial charge in [0.05, 0.1) is 18.8 Å². The maximum atomic E-state index is 5.56. The van der Waals surface area contributed by atoms with E-state index in [1.165, 1.54) is 4.88 Å². The Morgan fingerprint density at radius 2 is 2.12 bits per heavy atom. The minimum atomic E-state index is 0.165. The van der Waals surface area contributed by atoms with Crippen LogP contribution in [-0.4, -0.2) is 44.6 Å². The van der Waals surface area contributed by atoms with E-state index in [1.807, 2.05) is 12.1 Å². The van der Waals surface area contributed by atoms with Crippen molar-refractivity contribution in [2.45, 2.75) is 25.8 Å². The standard InChI is InChI=1S/C18H28N4OS/c1-5-19-18(20-12-14(2)17-9-7-11-24-17)21-13-15(22(3)4)16-8-6-10-23-16/h6-11,14-15H,5,12-13H2,1-4H3,(H2,19,20,21). The first-order chi connectivity index (χ1) is 11.6. The van der Waals surface area contributed by atoms with E-state index >= 15 is 0 Å². The summed E-state index contributed by atoms with van der Waals surface area (Å²) >= 11 is 1.79. The lowest BCUT2D eigenvalue weighted by atomic mass is 10.1. The number of thiophene rings is 1. The molecule has 0 saturated carbocycles. The predicted molar refractivity (Wildman–Crippen MR) is 102 cm³/mol. The van der Waals surface area contributed by atoms with Crippen molar-refractivity contribution in [1.82, 2.24) is 15.5 Å². The second-order valence-corrected chi connectivity index (χ2v) is 6.99. The summed E-state index contributed by atoms with van der Waals surface area (Å²) in [5, 5.41) is 8.86. The Bertz CT molecular complexity index is 593. The van der Waals surface area contributed by atoms with Crippen LogP contribution in [0.1, 0.15) is 36.4 Å². The number of furan rings is 1. The topological polar surface area (TPSA) is 52.8 Å². The zero-order chi connectivity index (χ0) is 17.4. The average molecular weight is 349 g/mol. The van der Waals surface area contributed by atoms with Crippen LogP contribution in [0.3, 0.4) is 0 Å².